The molecule has 0 aromatic heterocycles. The Labute approximate surface area is 327 Å². The van der Waals surface area contributed by atoms with E-state index in [4.69, 9.17) is 18.0 Å². The highest BCUT2D eigenvalue weighted by molar-refractivity contribution is 6.74. The molecular formula is C45H88O4Si3. The van der Waals surface area contributed by atoms with Gasteiger partial charge in [-0.05, 0) is 143 Å². The van der Waals surface area contributed by atoms with Crippen molar-refractivity contribution in [2.75, 3.05) is 13.2 Å². The first-order valence-electron chi connectivity index (χ1n) is 21.6. The molecule has 0 aromatic carbocycles. The van der Waals surface area contributed by atoms with Crippen LogP contribution in [0.4, 0.5) is 0 Å². The fraction of sp³-hybridized carbons (Fsp3) is 0.911. The summed E-state index contributed by atoms with van der Waals surface area (Å²) in [6.45, 7) is 44.6. The molecule has 3 fully saturated rings. The van der Waals surface area contributed by atoms with E-state index in [1.165, 1.54) is 37.7 Å². The predicted molar refractivity (Wildman–Crippen MR) is 234 cm³/mol. The number of allylic oxidation sites excluding steroid dienone is 3. The third-order valence-electron chi connectivity index (χ3n) is 14.3. The molecule has 0 bridgehead atoms. The molecule has 0 saturated heterocycles. The number of fused-ring (bicyclic) bond motifs is 1. The second kappa shape index (κ2) is 17.2. The van der Waals surface area contributed by atoms with Gasteiger partial charge in [0.05, 0.1) is 31.0 Å². The lowest BCUT2D eigenvalue weighted by molar-refractivity contribution is -0.0821. The smallest absolute Gasteiger partial charge is 0.192 e. The van der Waals surface area contributed by atoms with Crippen molar-refractivity contribution in [2.45, 2.75) is 227 Å². The van der Waals surface area contributed by atoms with E-state index in [1.807, 2.05) is 0 Å². The predicted octanol–water partition coefficient (Wildman–Crippen LogP) is 14.3. The molecule has 0 aliphatic heterocycles. The zero-order valence-corrected chi connectivity index (χ0v) is 41.0. The molecule has 52 heavy (non-hydrogen) atoms. The van der Waals surface area contributed by atoms with E-state index in [2.05, 4.69) is 134 Å². The van der Waals surface area contributed by atoms with Gasteiger partial charge in [0.25, 0.3) is 0 Å². The Morgan fingerprint density at radius 3 is 1.71 bits per heavy atom. The summed E-state index contributed by atoms with van der Waals surface area (Å²) in [6.07, 6.45) is 19.6. The third-order valence-corrected chi connectivity index (χ3v) is 24.4. The fourth-order valence-corrected chi connectivity index (χ4v) is 14.2. The zero-order chi connectivity index (χ0) is 39.6. The summed E-state index contributed by atoms with van der Waals surface area (Å²) < 4.78 is 28.0. The number of rotatable bonds is 16. The van der Waals surface area contributed by atoms with Gasteiger partial charge in [0.2, 0.25) is 0 Å². The molecule has 0 unspecified atom stereocenters. The number of ether oxygens (including phenoxy) is 1. The van der Waals surface area contributed by atoms with E-state index in [0.717, 1.165) is 58.2 Å². The maximum atomic E-state index is 7.13. The first-order valence-corrected chi connectivity index (χ1v) is 30.8. The summed E-state index contributed by atoms with van der Waals surface area (Å²) in [7, 11) is -5.49. The van der Waals surface area contributed by atoms with Gasteiger partial charge in [-0.1, -0.05) is 112 Å². The Morgan fingerprint density at radius 2 is 1.25 bits per heavy atom. The first-order chi connectivity index (χ1) is 23.6. The summed E-state index contributed by atoms with van der Waals surface area (Å²) >= 11 is 0. The normalized spacial score (nSPS) is 28.0. The Hall–Kier alpha value is -0.0294. The Bertz CT molecular complexity index is 1170. The second-order valence-corrected chi connectivity index (χ2v) is 36.6. The van der Waals surface area contributed by atoms with Crippen molar-refractivity contribution < 1.29 is 18.0 Å². The largest absolute Gasteiger partial charge is 0.414 e. The summed E-state index contributed by atoms with van der Waals surface area (Å²) in [5.41, 5.74) is 3.54. The third kappa shape index (κ3) is 11.8. The van der Waals surface area contributed by atoms with Crippen LogP contribution in [0.5, 0.6) is 0 Å². The lowest BCUT2D eigenvalue weighted by Gasteiger charge is -2.48. The van der Waals surface area contributed by atoms with Gasteiger partial charge in [0.1, 0.15) is 0 Å². The first kappa shape index (κ1) is 46.4. The molecule has 3 rings (SSSR count). The average molecular weight is 777 g/mol. The number of hydrogen-bond donors (Lipinski definition) is 0. The standard InChI is InChI=1S/C45H88O4Si3/c1-19-27-45(28-20-2,49-50(12,13)14)34-46-33-43(9,10)40-26-25-39-36(22-21-29-44(39,40)11)24-23-35-30-37(47-51(15,16)41(3,4)5)32-38(31-35)48-52(17,18)42(6,7)8/h23-24,37-40H,19-22,25-34H2,1-18H3/t37-,38-,39+,40-,44+/m1/s1. The molecule has 3 aliphatic carbocycles. The van der Waals surface area contributed by atoms with Crippen molar-refractivity contribution in [3.05, 3.63) is 23.3 Å². The van der Waals surface area contributed by atoms with E-state index in [1.54, 1.807) is 5.57 Å². The molecule has 0 aromatic rings. The van der Waals surface area contributed by atoms with Gasteiger partial charge in [-0.15, -0.1) is 0 Å². The van der Waals surface area contributed by atoms with E-state index in [-0.39, 0.29) is 33.3 Å². The van der Waals surface area contributed by atoms with Gasteiger partial charge < -0.3 is 18.0 Å². The Morgan fingerprint density at radius 1 is 0.731 bits per heavy atom. The van der Waals surface area contributed by atoms with Crippen LogP contribution in [0.25, 0.3) is 0 Å². The highest BCUT2D eigenvalue weighted by atomic mass is 28.4. The van der Waals surface area contributed by atoms with Crippen LogP contribution < -0.4 is 0 Å². The maximum absolute atomic E-state index is 7.13. The maximum Gasteiger partial charge on any atom is 0.192 e. The molecule has 0 radical (unpaired) electrons. The van der Waals surface area contributed by atoms with Crippen LogP contribution in [0.1, 0.15) is 153 Å². The van der Waals surface area contributed by atoms with E-state index in [0.29, 0.717) is 17.3 Å². The Balaban J connectivity index is 1.82. The van der Waals surface area contributed by atoms with Crippen LogP contribution in [0.3, 0.4) is 0 Å². The SMILES string of the molecule is CCCC(CCC)(COCC(C)(C)[C@H]1CC[C@H]2C(=CC=C3C[C@@H](O[Si](C)(C)C(C)(C)C)C[C@H](O[Si](C)(C)C(C)(C)C)C3)CCC[C@]12C)O[Si](C)(C)C. The van der Waals surface area contributed by atoms with Crippen molar-refractivity contribution >= 4 is 25.0 Å². The van der Waals surface area contributed by atoms with E-state index < -0.39 is 25.0 Å². The van der Waals surface area contributed by atoms with Crippen molar-refractivity contribution in [1.29, 1.82) is 0 Å². The highest BCUT2D eigenvalue weighted by Gasteiger charge is 2.54. The summed E-state index contributed by atoms with van der Waals surface area (Å²) in [5, 5.41) is 0.402. The van der Waals surface area contributed by atoms with E-state index in [9.17, 15) is 0 Å². The van der Waals surface area contributed by atoms with Crippen molar-refractivity contribution in [3.63, 3.8) is 0 Å². The average Bonchev–Trinajstić information content (AvgIpc) is 3.32. The molecule has 0 amide bonds. The minimum atomic E-state index is -1.90. The van der Waals surface area contributed by atoms with Crippen LogP contribution in [0, 0.1) is 22.7 Å². The summed E-state index contributed by atoms with van der Waals surface area (Å²) in [4.78, 5) is 0. The summed E-state index contributed by atoms with van der Waals surface area (Å²) in [6, 6.07) is 0. The summed E-state index contributed by atoms with van der Waals surface area (Å²) in [5.74, 6) is 1.32. The highest BCUT2D eigenvalue weighted by Crippen LogP contribution is 2.62. The molecule has 7 heteroatoms. The second-order valence-electron chi connectivity index (χ2n) is 22.6. The molecule has 5 atom stereocenters. The van der Waals surface area contributed by atoms with Crippen LogP contribution >= 0.6 is 0 Å². The molecule has 0 N–H and O–H groups in total. The minimum Gasteiger partial charge on any atom is -0.414 e. The molecule has 304 valence electrons. The van der Waals surface area contributed by atoms with Gasteiger partial charge in [-0.3, -0.25) is 0 Å². The van der Waals surface area contributed by atoms with Crippen LogP contribution in [-0.4, -0.2) is 56.0 Å². The van der Waals surface area contributed by atoms with Gasteiger partial charge >= 0.3 is 0 Å². The van der Waals surface area contributed by atoms with Gasteiger partial charge in [0.15, 0.2) is 25.0 Å². The van der Waals surface area contributed by atoms with Gasteiger partial charge in [-0.25, -0.2) is 0 Å². The fourth-order valence-electron chi connectivity index (χ4n) is 9.94. The molecule has 3 saturated carbocycles. The van der Waals surface area contributed by atoms with Crippen molar-refractivity contribution in [3.8, 4) is 0 Å². The monoisotopic (exact) mass is 777 g/mol. The topological polar surface area (TPSA) is 36.9 Å². The molecular weight excluding hydrogens is 689 g/mol. The van der Waals surface area contributed by atoms with Crippen LogP contribution in [-0.2, 0) is 18.0 Å². The zero-order valence-electron chi connectivity index (χ0n) is 38.0. The van der Waals surface area contributed by atoms with Gasteiger partial charge in [-0.2, -0.15) is 0 Å². The quantitative estimate of drug-likeness (QED) is 0.146. The van der Waals surface area contributed by atoms with E-state index >= 15 is 0 Å². The van der Waals surface area contributed by atoms with Crippen molar-refractivity contribution in [1.82, 2.24) is 0 Å². The van der Waals surface area contributed by atoms with Crippen LogP contribution in [0.15, 0.2) is 23.3 Å². The molecule has 0 heterocycles. The van der Waals surface area contributed by atoms with Gasteiger partial charge in [0, 0.05) is 0 Å². The lowest BCUT2D eigenvalue weighted by Crippen LogP contribution is -2.48. The minimum absolute atomic E-state index is 0.125. The van der Waals surface area contributed by atoms with Crippen molar-refractivity contribution in [2.24, 2.45) is 22.7 Å². The lowest BCUT2D eigenvalue weighted by atomic mass is 9.58. The number of hydrogen-bond acceptors (Lipinski definition) is 4. The molecule has 0 spiro atoms. The van der Waals surface area contributed by atoms with Crippen LogP contribution in [0.2, 0.25) is 55.9 Å². The Kier molecular flexibility index (Phi) is 15.4. The molecule has 4 nitrogen and oxygen atoms in total. The molecule has 3 aliphatic rings.